The molecule has 0 aliphatic carbocycles. The van der Waals surface area contributed by atoms with E-state index in [2.05, 4.69) is 20.9 Å². The molecule has 0 spiro atoms. The van der Waals surface area contributed by atoms with Crippen LogP contribution in [0.2, 0.25) is 0 Å². The number of carbonyl (C=O) groups is 1. The second kappa shape index (κ2) is 10.9. The third kappa shape index (κ3) is 5.06. The van der Waals surface area contributed by atoms with Crippen LogP contribution in [0.4, 0.5) is 28.4 Å². The Labute approximate surface area is 233 Å². The topological polar surface area (TPSA) is 124 Å². The van der Waals surface area contributed by atoms with Crippen LogP contribution < -0.4 is 31.7 Å². The lowest BCUT2D eigenvalue weighted by molar-refractivity contribution is 0.103. The number of hydrogen-bond acceptors (Lipinski definition) is 9. The number of thiophene rings is 1. The van der Waals surface area contributed by atoms with E-state index in [9.17, 15) is 19.5 Å². The van der Waals surface area contributed by atoms with Crippen molar-refractivity contribution in [3.63, 3.8) is 0 Å². The van der Waals surface area contributed by atoms with Crippen molar-refractivity contribution in [1.29, 1.82) is 0 Å². The minimum absolute atomic E-state index is 0.248. The van der Waals surface area contributed by atoms with Crippen LogP contribution in [0.25, 0.3) is 10.9 Å². The zero-order valence-electron chi connectivity index (χ0n) is 21.5. The molecule has 0 atom stereocenters. The number of rotatable bonds is 8. The van der Waals surface area contributed by atoms with Crippen LogP contribution in [-0.4, -0.2) is 35.2 Å². The summed E-state index contributed by atoms with van der Waals surface area (Å²) in [6, 6.07) is 18.8. The van der Waals surface area contributed by atoms with Gasteiger partial charge in [0.2, 0.25) is 0 Å². The molecule has 0 radical (unpaired) electrons. The van der Waals surface area contributed by atoms with Gasteiger partial charge in [-0.15, -0.1) is 11.3 Å². The van der Waals surface area contributed by atoms with Crippen molar-refractivity contribution in [3.05, 3.63) is 103 Å². The number of anilines is 5. The highest BCUT2D eigenvalue weighted by molar-refractivity contribution is 7.12. The fourth-order valence-electron chi connectivity index (χ4n) is 5.02. The number of piperidine rings is 1. The lowest BCUT2D eigenvalue weighted by Gasteiger charge is -2.33. The summed E-state index contributed by atoms with van der Waals surface area (Å²) < 4.78 is 0. The maximum atomic E-state index is 13.2. The van der Waals surface area contributed by atoms with Crippen molar-refractivity contribution in [3.8, 4) is 0 Å². The summed E-state index contributed by atoms with van der Waals surface area (Å²) in [5.41, 5.74) is 3.41. The van der Waals surface area contributed by atoms with Gasteiger partial charge in [0.1, 0.15) is 16.3 Å². The maximum Gasteiger partial charge on any atom is 0.267 e. The minimum Gasteiger partial charge on any atom is -0.393 e. The van der Waals surface area contributed by atoms with Gasteiger partial charge in [-0.1, -0.05) is 24.3 Å². The lowest BCUT2D eigenvalue weighted by atomic mass is 10.0. The Hall–Kier alpha value is -4.54. The fraction of sp³-hybridized carbons (Fsp3) is 0.200. The number of hydrogen-bond donors (Lipinski definition) is 4. The number of para-hydroxylation sites is 1. The molecule has 1 fully saturated rings. The average Bonchev–Trinajstić information content (AvgIpc) is 3.46. The lowest BCUT2D eigenvalue weighted by Crippen LogP contribution is -2.46. The number of nitrogens with one attached hydrogen (secondary N) is 3. The Morgan fingerprint density at radius 1 is 1.00 bits per heavy atom. The van der Waals surface area contributed by atoms with Crippen molar-refractivity contribution in [2.24, 2.45) is 0 Å². The van der Waals surface area contributed by atoms with Gasteiger partial charge in [0, 0.05) is 42.6 Å². The average molecular weight is 554 g/mol. The molecule has 5 aromatic rings. The molecular formula is C30H27N5O4S. The molecule has 1 amide bonds. The van der Waals surface area contributed by atoms with E-state index >= 15 is 0 Å². The maximum absolute atomic E-state index is 13.2. The molecule has 6 rings (SSSR count). The van der Waals surface area contributed by atoms with E-state index in [1.54, 1.807) is 30.5 Å². The monoisotopic (exact) mass is 553 g/mol. The van der Waals surface area contributed by atoms with E-state index in [1.807, 2.05) is 46.7 Å². The third-order valence-corrected chi connectivity index (χ3v) is 8.05. The Balaban J connectivity index is 1.14. The molecular weight excluding hydrogens is 526 g/mol. The first-order valence-corrected chi connectivity index (χ1v) is 13.9. The van der Waals surface area contributed by atoms with Crippen molar-refractivity contribution in [1.82, 2.24) is 4.98 Å². The summed E-state index contributed by atoms with van der Waals surface area (Å²) in [6.45, 7) is 1.58. The smallest absolute Gasteiger partial charge is 0.267 e. The van der Waals surface area contributed by atoms with Gasteiger partial charge >= 0.3 is 0 Å². The standard InChI is InChI=1S/C30H27N5O4S/c36-21-9-13-35(14-10-21)26-25(27(37)28(26)38)33-19-4-3-5-20(16-19)34-30(39)29-24(11-15-40-29)32-17-18-8-12-31-23-7-2-1-6-22(18)23/h1-8,11-12,15-16,21,32-33,36H,9-10,13-14,17H2,(H,34,39). The van der Waals surface area contributed by atoms with Gasteiger partial charge in [-0.2, -0.15) is 0 Å². The molecule has 202 valence electrons. The second-order valence-electron chi connectivity index (χ2n) is 9.76. The fourth-order valence-corrected chi connectivity index (χ4v) is 5.78. The molecule has 1 saturated heterocycles. The Kier molecular flexibility index (Phi) is 7.02. The highest BCUT2D eigenvalue weighted by Crippen LogP contribution is 2.29. The van der Waals surface area contributed by atoms with Crippen molar-refractivity contribution in [2.45, 2.75) is 25.5 Å². The summed E-state index contributed by atoms with van der Waals surface area (Å²) >= 11 is 1.34. The zero-order valence-corrected chi connectivity index (χ0v) is 22.3. The molecule has 4 N–H and O–H groups in total. The molecule has 0 saturated carbocycles. The summed E-state index contributed by atoms with van der Waals surface area (Å²) in [4.78, 5) is 44.7. The number of benzene rings is 2. The molecule has 3 aromatic carbocycles. The van der Waals surface area contributed by atoms with Crippen LogP contribution in [0.3, 0.4) is 0 Å². The van der Waals surface area contributed by atoms with E-state index < -0.39 is 10.9 Å². The van der Waals surface area contributed by atoms with Gasteiger partial charge < -0.3 is 26.0 Å². The first-order chi connectivity index (χ1) is 19.5. The summed E-state index contributed by atoms with van der Waals surface area (Å²) in [7, 11) is 0. The van der Waals surface area contributed by atoms with Gasteiger partial charge in [0.15, 0.2) is 0 Å². The molecule has 1 aliphatic rings. The number of nitrogens with zero attached hydrogens (tertiary/aromatic N) is 2. The predicted molar refractivity (Wildman–Crippen MR) is 160 cm³/mol. The quantitative estimate of drug-likeness (QED) is 0.208. The molecule has 2 aromatic heterocycles. The second-order valence-corrected chi connectivity index (χ2v) is 10.7. The summed E-state index contributed by atoms with van der Waals surface area (Å²) in [6.07, 6.45) is 2.51. The number of aliphatic hydroxyl groups is 1. The number of aliphatic hydroxyl groups excluding tert-OH is 1. The van der Waals surface area contributed by atoms with E-state index in [1.165, 1.54) is 11.3 Å². The molecule has 0 bridgehead atoms. The number of amides is 1. The van der Waals surface area contributed by atoms with Crippen molar-refractivity contribution >= 4 is 56.6 Å². The summed E-state index contributed by atoms with van der Waals surface area (Å²) in [5, 5.41) is 22.1. The van der Waals surface area contributed by atoms with Gasteiger partial charge in [-0.25, -0.2) is 0 Å². The largest absolute Gasteiger partial charge is 0.393 e. The number of carbonyl (C=O) groups excluding carboxylic acids is 1. The van der Waals surface area contributed by atoms with Crippen molar-refractivity contribution in [2.75, 3.05) is 33.9 Å². The molecule has 9 nitrogen and oxygen atoms in total. The Bertz CT molecular complexity index is 1760. The van der Waals surface area contributed by atoms with Crippen LogP contribution in [0, 0.1) is 0 Å². The van der Waals surface area contributed by atoms with Gasteiger partial charge in [-0.3, -0.25) is 19.4 Å². The minimum atomic E-state index is -0.563. The number of aromatic nitrogens is 1. The molecule has 0 unspecified atom stereocenters. The predicted octanol–water partition coefficient (Wildman–Crippen LogP) is 4.46. The van der Waals surface area contributed by atoms with Crippen LogP contribution >= 0.6 is 11.3 Å². The molecule has 1 aliphatic heterocycles. The summed E-state index contributed by atoms with van der Waals surface area (Å²) in [5.74, 6) is -0.254. The normalized spacial score (nSPS) is 14.0. The van der Waals surface area contributed by atoms with Crippen molar-refractivity contribution < 1.29 is 9.90 Å². The first-order valence-electron chi connectivity index (χ1n) is 13.1. The van der Waals surface area contributed by atoms with Crippen LogP contribution in [0.5, 0.6) is 0 Å². The van der Waals surface area contributed by atoms with E-state index in [0.717, 1.165) is 22.2 Å². The molecule has 10 heteroatoms. The highest BCUT2D eigenvalue weighted by Gasteiger charge is 2.29. The first kappa shape index (κ1) is 25.7. The van der Waals surface area contributed by atoms with E-state index in [0.29, 0.717) is 54.4 Å². The molecule has 3 heterocycles. The molecule has 40 heavy (non-hydrogen) atoms. The Morgan fingerprint density at radius 3 is 2.65 bits per heavy atom. The van der Waals surface area contributed by atoms with Gasteiger partial charge in [0.05, 0.1) is 17.3 Å². The van der Waals surface area contributed by atoms with Gasteiger partial charge in [-0.05, 0) is 60.2 Å². The van der Waals surface area contributed by atoms with Crippen LogP contribution in [0.15, 0.2) is 81.8 Å². The third-order valence-electron chi connectivity index (χ3n) is 7.14. The zero-order chi connectivity index (χ0) is 27.6. The van der Waals surface area contributed by atoms with E-state index in [4.69, 9.17) is 0 Å². The van der Waals surface area contributed by atoms with E-state index in [-0.39, 0.29) is 17.7 Å². The number of pyridine rings is 1. The SMILES string of the molecule is O=C(Nc1cccc(Nc2c(N3CCC(O)CC3)c(=O)c2=O)c1)c1sccc1NCc1ccnc2ccccc12. The van der Waals surface area contributed by atoms with Crippen LogP contribution in [0.1, 0.15) is 28.1 Å². The highest BCUT2D eigenvalue weighted by atomic mass is 32.1. The van der Waals surface area contributed by atoms with Gasteiger partial charge in [0.25, 0.3) is 16.8 Å². The Morgan fingerprint density at radius 2 is 1.80 bits per heavy atom. The number of fused-ring (bicyclic) bond motifs is 1. The van der Waals surface area contributed by atoms with Crippen LogP contribution in [-0.2, 0) is 6.54 Å².